The number of hydrogen-bond donors (Lipinski definition) is 0. The molecule has 0 aromatic heterocycles. The van der Waals surface area contributed by atoms with E-state index < -0.39 is 28.3 Å². The standard InChI is InChI=1S/C25H25ClF4/c1-2-3-4-5-14-6-7-17-19(9-8-18-20(17)12-16(27)13-21(18)28)24(14)15-10-22(29)25(26)23(30)11-15/h2-3,10-14,17,19,24H,4-9H2,1H3/t14-,17-,19+,24-/m1/s1. The van der Waals surface area contributed by atoms with Crippen LogP contribution >= 0.6 is 11.6 Å². The Morgan fingerprint density at radius 1 is 0.967 bits per heavy atom. The van der Waals surface area contributed by atoms with Crippen molar-refractivity contribution in [2.24, 2.45) is 11.8 Å². The van der Waals surface area contributed by atoms with Crippen molar-refractivity contribution < 1.29 is 17.6 Å². The van der Waals surface area contributed by atoms with E-state index in [1.807, 2.05) is 13.0 Å². The van der Waals surface area contributed by atoms with E-state index in [0.29, 0.717) is 17.5 Å². The lowest BCUT2D eigenvalue weighted by Gasteiger charge is -2.47. The molecule has 0 aliphatic heterocycles. The van der Waals surface area contributed by atoms with Crippen LogP contribution in [0, 0.1) is 35.1 Å². The Kier molecular flexibility index (Phi) is 6.24. The summed E-state index contributed by atoms with van der Waals surface area (Å²) in [7, 11) is 0. The molecule has 0 heterocycles. The highest BCUT2D eigenvalue weighted by molar-refractivity contribution is 6.30. The van der Waals surface area contributed by atoms with Gasteiger partial charge in [0.15, 0.2) is 0 Å². The number of benzene rings is 2. The summed E-state index contributed by atoms with van der Waals surface area (Å²) in [5, 5.41) is -0.491. The summed E-state index contributed by atoms with van der Waals surface area (Å²) >= 11 is 5.72. The average Bonchev–Trinajstić information content (AvgIpc) is 2.71. The van der Waals surface area contributed by atoms with Gasteiger partial charge in [0.05, 0.1) is 0 Å². The largest absolute Gasteiger partial charge is 0.207 e. The molecule has 30 heavy (non-hydrogen) atoms. The fourth-order valence-corrected chi connectivity index (χ4v) is 5.88. The van der Waals surface area contributed by atoms with Crippen molar-refractivity contribution in [1.82, 2.24) is 0 Å². The molecule has 0 saturated heterocycles. The molecule has 0 bridgehead atoms. The second-order valence-electron chi connectivity index (χ2n) is 8.57. The van der Waals surface area contributed by atoms with E-state index in [0.717, 1.165) is 43.7 Å². The highest BCUT2D eigenvalue weighted by Crippen LogP contribution is 2.55. The second kappa shape index (κ2) is 8.74. The number of allylic oxidation sites excluding steroid dienone is 2. The minimum atomic E-state index is -0.755. The first-order valence-electron chi connectivity index (χ1n) is 10.6. The van der Waals surface area contributed by atoms with Gasteiger partial charge in [-0.25, -0.2) is 17.6 Å². The topological polar surface area (TPSA) is 0 Å². The highest BCUT2D eigenvalue weighted by Gasteiger charge is 2.43. The van der Waals surface area contributed by atoms with Crippen LogP contribution in [0.25, 0.3) is 0 Å². The zero-order chi connectivity index (χ0) is 21.4. The number of halogens is 5. The van der Waals surface area contributed by atoms with Crippen LogP contribution < -0.4 is 0 Å². The van der Waals surface area contributed by atoms with Crippen molar-refractivity contribution >= 4 is 11.6 Å². The van der Waals surface area contributed by atoms with Gasteiger partial charge in [-0.2, -0.15) is 0 Å². The highest BCUT2D eigenvalue weighted by atomic mass is 35.5. The van der Waals surface area contributed by atoms with Gasteiger partial charge in [0.2, 0.25) is 0 Å². The summed E-state index contributed by atoms with van der Waals surface area (Å²) in [6.45, 7) is 1.97. The molecule has 5 heteroatoms. The minimum absolute atomic E-state index is 0.0104. The van der Waals surface area contributed by atoms with Crippen LogP contribution in [0.1, 0.15) is 67.6 Å². The van der Waals surface area contributed by atoms with Crippen LogP contribution in [0.4, 0.5) is 17.6 Å². The molecule has 2 aliphatic rings. The normalized spacial score (nSPS) is 25.9. The monoisotopic (exact) mass is 436 g/mol. The Hall–Kier alpha value is -1.81. The second-order valence-corrected chi connectivity index (χ2v) is 8.95. The van der Waals surface area contributed by atoms with Crippen LogP contribution in [0.5, 0.6) is 0 Å². The van der Waals surface area contributed by atoms with Gasteiger partial charge >= 0.3 is 0 Å². The Labute approximate surface area is 179 Å². The van der Waals surface area contributed by atoms with Crippen molar-refractivity contribution in [2.75, 3.05) is 0 Å². The predicted octanol–water partition coefficient (Wildman–Crippen LogP) is 8.09. The first-order chi connectivity index (χ1) is 14.4. The van der Waals surface area contributed by atoms with Crippen molar-refractivity contribution in [2.45, 2.75) is 57.3 Å². The van der Waals surface area contributed by atoms with Crippen molar-refractivity contribution in [3.05, 3.63) is 81.4 Å². The number of hydrogen-bond acceptors (Lipinski definition) is 0. The average molecular weight is 437 g/mol. The molecule has 0 radical (unpaired) electrons. The number of rotatable bonds is 4. The van der Waals surface area contributed by atoms with E-state index >= 15 is 0 Å². The Balaban J connectivity index is 1.76. The van der Waals surface area contributed by atoms with E-state index in [4.69, 9.17) is 11.6 Å². The van der Waals surface area contributed by atoms with Crippen LogP contribution in [0.15, 0.2) is 36.4 Å². The summed E-state index contributed by atoms with van der Waals surface area (Å²) in [4.78, 5) is 0. The first-order valence-corrected chi connectivity index (χ1v) is 11.0. The summed E-state index contributed by atoms with van der Waals surface area (Å²) in [6, 6.07) is 5.10. The van der Waals surface area contributed by atoms with E-state index in [1.165, 1.54) is 18.2 Å². The fourth-order valence-electron chi connectivity index (χ4n) is 5.77. The molecule has 0 spiro atoms. The molecule has 2 aliphatic carbocycles. The van der Waals surface area contributed by atoms with E-state index in [9.17, 15) is 17.6 Å². The van der Waals surface area contributed by atoms with Crippen molar-refractivity contribution in [3.63, 3.8) is 0 Å². The Morgan fingerprint density at radius 2 is 1.70 bits per heavy atom. The third-order valence-corrected chi connectivity index (χ3v) is 7.35. The summed E-state index contributed by atoms with van der Waals surface area (Å²) in [5.41, 5.74) is 1.93. The van der Waals surface area contributed by atoms with Gasteiger partial charge < -0.3 is 0 Å². The summed E-state index contributed by atoms with van der Waals surface area (Å²) < 4.78 is 57.0. The van der Waals surface area contributed by atoms with Gasteiger partial charge in [0, 0.05) is 6.07 Å². The lowest BCUT2D eigenvalue weighted by molar-refractivity contribution is 0.160. The lowest BCUT2D eigenvalue weighted by atomic mass is 9.57. The molecule has 0 amide bonds. The van der Waals surface area contributed by atoms with Crippen LogP contribution in [0.3, 0.4) is 0 Å². The van der Waals surface area contributed by atoms with Gasteiger partial charge in [-0.15, -0.1) is 0 Å². The molecule has 4 atom stereocenters. The Bertz CT molecular complexity index is 945. The molecule has 160 valence electrons. The smallest absolute Gasteiger partial charge is 0.145 e. The van der Waals surface area contributed by atoms with E-state index in [2.05, 4.69) is 6.08 Å². The van der Waals surface area contributed by atoms with Gasteiger partial charge in [0.25, 0.3) is 0 Å². The molecule has 4 rings (SSSR count). The first kappa shape index (κ1) is 21.4. The minimum Gasteiger partial charge on any atom is -0.207 e. The molecular formula is C25H25ClF4. The summed E-state index contributed by atoms with van der Waals surface area (Å²) in [5.74, 6) is -2.31. The molecule has 1 saturated carbocycles. The molecule has 0 N–H and O–H groups in total. The summed E-state index contributed by atoms with van der Waals surface area (Å²) in [6.07, 6.45) is 8.83. The van der Waals surface area contributed by atoms with Gasteiger partial charge in [-0.05, 0) is 104 Å². The zero-order valence-corrected chi connectivity index (χ0v) is 17.7. The van der Waals surface area contributed by atoms with Gasteiger partial charge in [-0.1, -0.05) is 23.8 Å². The molecule has 0 unspecified atom stereocenters. The lowest BCUT2D eigenvalue weighted by Crippen LogP contribution is -2.35. The molecule has 2 aromatic carbocycles. The van der Waals surface area contributed by atoms with E-state index in [-0.39, 0.29) is 23.7 Å². The van der Waals surface area contributed by atoms with Crippen molar-refractivity contribution in [3.8, 4) is 0 Å². The fraction of sp³-hybridized carbons (Fsp3) is 0.440. The third-order valence-electron chi connectivity index (χ3n) is 6.99. The predicted molar refractivity (Wildman–Crippen MR) is 112 cm³/mol. The quantitative estimate of drug-likeness (QED) is 0.258. The molecule has 2 aromatic rings. The maximum Gasteiger partial charge on any atom is 0.145 e. The maximum absolute atomic E-state index is 14.4. The molecule has 0 nitrogen and oxygen atoms in total. The van der Waals surface area contributed by atoms with Crippen LogP contribution in [-0.4, -0.2) is 0 Å². The van der Waals surface area contributed by atoms with Gasteiger partial charge in [0.1, 0.15) is 28.3 Å². The van der Waals surface area contributed by atoms with Crippen molar-refractivity contribution in [1.29, 1.82) is 0 Å². The van der Waals surface area contributed by atoms with Crippen LogP contribution in [-0.2, 0) is 6.42 Å². The maximum atomic E-state index is 14.4. The Morgan fingerprint density at radius 3 is 2.40 bits per heavy atom. The van der Waals surface area contributed by atoms with Crippen LogP contribution in [0.2, 0.25) is 5.02 Å². The van der Waals surface area contributed by atoms with Gasteiger partial charge in [-0.3, -0.25) is 0 Å². The molecule has 1 fully saturated rings. The molecular weight excluding hydrogens is 412 g/mol. The van der Waals surface area contributed by atoms with E-state index in [1.54, 1.807) is 0 Å². The number of fused-ring (bicyclic) bond motifs is 3. The third kappa shape index (κ3) is 3.91. The SMILES string of the molecule is CC=CCC[C@@H]1CC[C@H]2c3cc(F)cc(F)c3CC[C@@H]2[C@H]1c1cc(F)c(Cl)c(F)c1. The zero-order valence-electron chi connectivity index (χ0n) is 16.9.